The van der Waals surface area contributed by atoms with Crippen molar-refractivity contribution in [3.05, 3.63) is 10.9 Å². The van der Waals surface area contributed by atoms with E-state index in [0.717, 1.165) is 48.6 Å². The molecule has 0 saturated carbocycles. The number of aryl methyl sites for hydroxylation is 1. The zero-order valence-electron chi connectivity index (χ0n) is 11.9. The Hall–Kier alpha value is -1.40. The number of nitrogens with zero attached hydrogens (tertiary/aromatic N) is 2. The third-order valence-electron chi connectivity index (χ3n) is 3.92. The van der Waals surface area contributed by atoms with E-state index in [1.807, 2.05) is 0 Å². The van der Waals surface area contributed by atoms with Crippen molar-refractivity contribution < 1.29 is 4.74 Å². The topological polar surface area (TPSA) is 73.1 Å². The van der Waals surface area contributed by atoms with Crippen molar-refractivity contribution in [3.63, 3.8) is 0 Å². The van der Waals surface area contributed by atoms with Gasteiger partial charge in [-0.1, -0.05) is 6.92 Å². The number of ether oxygens (including phenoxy) is 1. The van der Waals surface area contributed by atoms with Gasteiger partial charge in [0.2, 0.25) is 5.95 Å². The molecule has 1 fully saturated rings. The fraction of sp³-hybridized carbons (Fsp3) is 0.571. The summed E-state index contributed by atoms with van der Waals surface area (Å²) in [5.41, 5.74) is 6.06. The highest BCUT2D eigenvalue weighted by Crippen LogP contribution is 2.32. The summed E-state index contributed by atoms with van der Waals surface area (Å²) < 4.78 is 5.44. The summed E-state index contributed by atoms with van der Waals surface area (Å²) in [6.45, 7) is 6.94. The number of nitrogens with two attached hydrogens (primary N) is 1. The molecular formula is C14H20N4OS. The van der Waals surface area contributed by atoms with Crippen LogP contribution in [0.4, 0.5) is 11.8 Å². The molecule has 2 aromatic heterocycles. The standard InChI is InChI=1S/C14H20N4OS/c1-9-7-10-11(17-13(15)18-12(10)20-9)16-8-14(2)3-5-19-6-4-14/h7H,3-6,8H2,1-2H3,(H3,15,16,17,18). The molecule has 0 amide bonds. The van der Waals surface area contributed by atoms with Crippen LogP contribution in [0.1, 0.15) is 24.6 Å². The first-order chi connectivity index (χ1) is 9.56. The summed E-state index contributed by atoms with van der Waals surface area (Å²) in [5, 5.41) is 4.54. The number of hydrogen-bond donors (Lipinski definition) is 2. The van der Waals surface area contributed by atoms with Crippen LogP contribution in [0.25, 0.3) is 10.2 Å². The number of nitrogens with one attached hydrogen (secondary N) is 1. The molecular weight excluding hydrogens is 272 g/mol. The summed E-state index contributed by atoms with van der Waals surface area (Å²) in [7, 11) is 0. The van der Waals surface area contributed by atoms with E-state index in [-0.39, 0.29) is 5.41 Å². The molecule has 20 heavy (non-hydrogen) atoms. The van der Waals surface area contributed by atoms with Crippen molar-refractivity contribution in [1.82, 2.24) is 9.97 Å². The molecule has 1 aliphatic rings. The molecule has 1 aliphatic heterocycles. The Morgan fingerprint density at radius 3 is 2.90 bits per heavy atom. The molecule has 0 spiro atoms. The van der Waals surface area contributed by atoms with Crippen molar-refractivity contribution in [2.45, 2.75) is 26.7 Å². The molecule has 108 valence electrons. The highest BCUT2D eigenvalue weighted by atomic mass is 32.1. The van der Waals surface area contributed by atoms with Gasteiger partial charge >= 0.3 is 0 Å². The zero-order chi connectivity index (χ0) is 14.2. The van der Waals surface area contributed by atoms with Gasteiger partial charge in [-0.15, -0.1) is 11.3 Å². The zero-order valence-corrected chi connectivity index (χ0v) is 12.7. The van der Waals surface area contributed by atoms with Crippen LogP contribution in [0.5, 0.6) is 0 Å². The number of anilines is 2. The first-order valence-corrected chi connectivity index (χ1v) is 7.73. The van der Waals surface area contributed by atoms with Crippen molar-refractivity contribution in [2.24, 2.45) is 5.41 Å². The fourth-order valence-electron chi connectivity index (χ4n) is 2.53. The minimum absolute atomic E-state index is 0.259. The van der Waals surface area contributed by atoms with Gasteiger partial charge in [-0.2, -0.15) is 4.98 Å². The molecule has 0 atom stereocenters. The molecule has 1 saturated heterocycles. The second-order valence-corrected chi connectivity index (χ2v) is 7.02. The summed E-state index contributed by atoms with van der Waals surface area (Å²) >= 11 is 1.65. The van der Waals surface area contributed by atoms with Gasteiger partial charge in [0.25, 0.3) is 0 Å². The lowest BCUT2D eigenvalue weighted by atomic mass is 9.82. The third-order valence-corrected chi connectivity index (χ3v) is 4.86. The smallest absolute Gasteiger partial charge is 0.223 e. The van der Waals surface area contributed by atoms with Gasteiger partial charge in [-0.25, -0.2) is 4.98 Å². The number of fused-ring (bicyclic) bond motifs is 1. The van der Waals surface area contributed by atoms with Crippen LogP contribution in [-0.4, -0.2) is 29.7 Å². The van der Waals surface area contributed by atoms with Crippen LogP contribution >= 0.6 is 11.3 Å². The second kappa shape index (κ2) is 5.18. The van der Waals surface area contributed by atoms with Crippen molar-refractivity contribution in [2.75, 3.05) is 30.8 Å². The summed E-state index contributed by atoms with van der Waals surface area (Å²) in [6, 6.07) is 2.12. The van der Waals surface area contributed by atoms with Gasteiger partial charge in [0, 0.05) is 24.6 Å². The van der Waals surface area contributed by atoms with Gasteiger partial charge in [-0.05, 0) is 31.2 Å². The Balaban J connectivity index is 1.83. The van der Waals surface area contributed by atoms with Crippen molar-refractivity contribution in [3.8, 4) is 0 Å². The van der Waals surface area contributed by atoms with Crippen LogP contribution in [0.2, 0.25) is 0 Å². The summed E-state index contributed by atoms with van der Waals surface area (Å²) in [5.74, 6) is 1.18. The summed E-state index contributed by atoms with van der Waals surface area (Å²) in [6.07, 6.45) is 2.15. The molecule has 3 heterocycles. The predicted molar refractivity (Wildman–Crippen MR) is 83.2 cm³/mol. The largest absolute Gasteiger partial charge is 0.381 e. The van der Waals surface area contributed by atoms with E-state index in [1.54, 1.807) is 11.3 Å². The average molecular weight is 292 g/mol. The lowest BCUT2D eigenvalue weighted by molar-refractivity contribution is 0.0300. The number of aromatic nitrogens is 2. The maximum Gasteiger partial charge on any atom is 0.223 e. The second-order valence-electron chi connectivity index (χ2n) is 5.78. The molecule has 3 N–H and O–H groups in total. The molecule has 3 rings (SSSR count). The predicted octanol–water partition coefficient (Wildman–Crippen LogP) is 2.81. The minimum atomic E-state index is 0.259. The monoisotopic (exact) mass is 292 g/mol. The molecule has 0 aliphatic carbocycles. The van der Waals surface area contributed by atoms with E-state index in [1.165, 1.54) is 4.88 Å². The first kappa shape index (κ1) is 13.6. The molecule has 2 aromatic rings. The lowest BCUT2D eigenvalue weighted by Crippen LogP contribution is -2.33. The Kier molecular flexibility index (Phi) is 3.52. The van der Waals surface area contributed by atoms with E-state index < -0.39 is 0 Å². The normalized spacial score (nSPS) is 18.3. The van der Waals surface area contributed by atoms with Crippen LogP contribution < -0.4 is 11.1 Å². The Morgan fingerprint density at radius 2 is 2.15 bits per heavy atom. The molecule has 5 nitrogen and oxygen atoms in total. The van der Waals surface area contributed by atoms with Crippen LogP contribution in [-0.2, 0) is 4.74 Å². The van der Waals surface area contributed by atoms with Gasteiger partial charge in [0.1, 0.15) is 10.6 Å². The van der Waals surface area contributed by atoms with Crippen molar-refractivity contribution >= 4 is 33.3 Å². The first-order valence-electron chi connectivity index (χ1n) is 6.91. The third kappa shape index (κ3) is 2.71. The number of thiophene rings is 1. The molecule has 0 radical (unpaired) electrons. The molecule has 0 bridgehead atoms. The molecule has 0 aromatic carbocycles. The van der Waals surface area contributed by atoms with Gasteiger partial charge in [0.15, 0.2) is 0 Å². The van der Waals surface area contributed by atoms with E-state index in [4.69, 9.17) is 10.5 Å². The molecule has 6 heteroatoms. The Labute approximate surface area is 122 Å². The fourth-order valence-corrected chi connectivity index (χ4v) is 3.42. The van der Waals surface area contributed by atoms with E-state index in [2.05, 4.69) is 35.2 Å². The van der Waals surface area contributed by atoms with Crippen LogP contribution in [0, 0.1) is 12.3 Å². The van der Waals surface area contributed by atoms with Crippen LogP contribution in [0.15, 0.2) is 6.07 Å². The maximum atomic E-state index is 5.80. The lowest BCUT2D eigenvalue weighted by Gasteiger charge is -2.33. The van der Waals surface area contributed by atoms with Gasteiger partial charge < -0.3 is 15.8 Å². The Bertz CT molecular complexity index is 619. The Morgan fingerprint density at radius 1 is 1.40 bits per heavy atom. The van der Waals surface area contributed by atoms with Crippen molar-refractivity contribution in [1.29, 1.82) is 0 Å². The van der Waals surface area contributed by atoms with Gasteiger partial charge in [-0.3, -0.25) is 0 Å². The highest BCUT2D eigenvalue weighted by Gasteiger charge is 2.27. The maximum absolute atomic E-state index is 5.80. The SMILES string of the molecule is Cc1cc2c(NCC3(C)CCOCC3)nc(N)nc2s1. The van der Waals surface area contributed by atoms with E-state index in [0.29, 0.717) is 5.95 Å². The number of hydrogen-bond acceptors (Lipinski definition) is 6. The van der Waals surface area contributed by atoms with E-state index >= 15 is 0 Å². The number of nitrogen functional groups attached to an aromatic ring is 1. The quantitative estimate of drug-likeness (QED) is 0.910. The number of rotatable bonds is 3. The van der Waals surface area contributed by atoms with E-state index in [9.17, 15) is 0 Å². The highest BCUT2D eigenvalue weighted by molar-refractivity contribution is 7.18. The van der Waals surface area contributed by atoms with Crippen LogP contribution in [0.3, 0.4) is 0 Å². The average Bonchev–Trinajstić information content (AvgIpc) is 2.77. The molecule has 0 unspecified atom stereocenters. The minimum Gasteiger partial charge on any atom is -0.381 e. The summed E-state index contributed by atoms with van der Waals surface area (Å²) in [4.78, 5) is 10.8. The van der Waals surface area contributed by atoms with Gasteiger partial charge in [0.05, 0.1) is 5.39 Å².